The predicted molar refractivity (Wildman–Crippen MR) is 85.0 cm³/mol. The van der Waals surface area contributed by atoms with Crippen LogP contribution in [-0.2, 0) is 4.79 Å². The fourth-order valence-electron chi connectivity index (χ4n) is 1.06. The van der Waals surface area contributed by atoms with Gasteiger partial charge in [0.05, 0.1) is 11.4 Å². The van der Waals surface area contributed by atoms with Crippen molar-refractivity contribution in [3.63, 3.8) is 0 Å². The Labute approximate surface area is 125 Å². The molecule has 2 nitrogen and oxygen atoms in total. The van der Waals surface area contributed by atoms with Gasteiger partial charge in [0.15, 0.2) is 0 Å². The lowest BCUT2D eigenvalue weighted by molar-refractivity contribution is -0.113. The maximum absolute atomic E-state index is 11.7. The molecule has 0 aliphatic rings. The van der Waals surface area contributed by atoms with Crippen molar-refractivity contribution in [3.8, 4) is 0 Å². The molecule has 1 rings (SSSR count). The molecule has 0 aliphatic heterocycles. The van der Waals surface area contributed by atoms with Gasteiger partial charge in [-0.15, -0.1) is 11.8 Å². The molecule has 1 amide bonds. The van der Waals surface area contributed by atoms with Gasteiger partial charge in [-0.05, 0) is 40.8 Å². The second-order valence-corrected chi connectivity index (χ2v) is 7.97. The minimum Gasteiger partial charge on any atom is -0.324 e. The monoisotopic (exact) mass is 383 g/mol. The van der Waals surface area contributed by atoms with E-state index < -0.39 is 0 Å². The van der Waals surface area contributed by atoms with Crippen LogP contribution in [-0.4, -0.2) is 16.4 Å². The Bertz CT molecular complexity index is 417. The molecule has 0 fully saturated rings. The smallest absolute Gasteiger partial charge is 0.234 e. The van der Waals surface area contributed by atoms with Crippen molar-refractivity contribution in [1.82, 2.24) is 0 Å². The van der Waals surface area contributed by atoms with Gasteiger partial charge in [0.1, 0.15) is 0 Å². The molecule has 1 aromatic carbocycles. The van der Waals surface area contributed by atoms with Gasteiger partial charge in [-0.1, -0.05) is 32.4 Å². The zero-order chi connectivity index (χ0) is 13.1. The van der Waals surface area contributed by atoms with Crippen LogP contribution in [0.25, 0.3) is 0 Å². The molecule has 0 saturated heterocycles. The second kappa shape index (κ2) is 6.29. The van der Waals surface area contributed by atoms with Gasteiger partial charge >= 0.3 is 0 Å². The van der Waals surface area contributed by atoms with Crippen LogP contribution in [0, 0.1) is 3.57 Å². The van der Waals surface area contributed by atoms with Crippen LogP contribution in [0.15, 0.2) is 18.2 Å². The van der Waals surface area contributed by atoms with Crippen molar-refractivity contribution in [2.75, 3.05) is 11.1 Å². The summed E-state index contributed by atoms with van der Waals surface area (Å²) in [5.41, 5.74) is 0.814. The maximum atomic E-state index is 11.7. The van der Waals surface area contributed by atoms with E-state index in [1.807, 2.05) is 12.1 Å². The van der Waals surface area contributed by atoms with E-state index in [2.05, 4.69) is 48.7 Å². The molecule has 0 aromatic heterocycles. The zero-order valence-corrected chi connectivity index (χ0v) is 13.7. The lowest BCUT2D eigenvalue weighted by Crippen LogP contribution is -2.19. The highest BCUT2D eigenvalue weighted by atomic mass is 127. The summed E-state index contributed by atoms with van der Waals surface area (Å²) < 4.78 is 1.05. The number of hydrogen-bond acceptors (Lipinski definition) is 2. The van der Waals surface area contributed by atoms with Crippen LogP contribution in [0.3, 0.4) is 0 Å². The Morgan fingerprint density at radius 2 is 2.12 bits per heavy atom. The Morgan fingerprint density at radius 1 is 1.47 bits per heavy atom. The number of amides is 1. The minimum absolute atomic E-state index is 0.0187. The van der Waals surface area contributed by atoms with Gasteiger partial charge in [-0.2, -0.15) is 0 Å². The van der Waals surface area contributed by atoms with Gasteiger partial charge in [0.2, 0.25) is 5.91 Å². The topological polar surface area (TPSA) is 29.1 Å². The molecule has 0 aliphatic carbocycles. The molecule has 0 heterocycles. The van der Waals surface area contributed by atoms with Crippen molar-refractivity contribution in [3.05, 3.63) is 26.8 Å². The third kappa shape index (κ3) is 5.97. The Balaban J connectivity index is 2.57. The van der Waals surface area contributed by atoms with E-state index in [-0.39, 0.29) is 10.7 Å². The Kier molecular flexibility index (Phi) is 5.60. The molecule has 5 heteroatoms. The third-order valence-electron chi connectivity index (χ3n) is 1.84. The maximum Gasteiger partial charge on any atom is 0.234 e. The summed E-state index contributed by atoms with van der Waals surface area (Å²) in [6.45, 7) is 6.28. The number of carbonyl (C=O) groups excluding carboxylic acids is 1. The fraction of sp³-hybridized carbons (Fsp3) is 0.417. The van der Waals surface area contributed by atoms with Crippen LogP contribution in [0.1, 0.15) is 20.8 Å². The average molecular weight is 384 g/mol. The molecule has 1 aromatic rings. The van der Waals surface area contributed by atoms with Crippen LogP contribution in [0.5, 0.6) is 0 Å². The number of hydrogen-bond donors (Lipinski definition) is 1. The van der Waals surface area contributed by atoms with Crippen molar-refractivity contribution >= 4 is 57.5 Å². The molecule has 1 N–H and O–H groups in total. The number of thioether (sulfide) groups is 1. The first-order valence-electron chi connectivity index (χ1n) is 5.17. The molecule has 17 heavy (non-hydrogen) atoms. The van der Waals surface area contributed by atoms with Gasteiger partial charge in [-0.3, -0.25) is 4.79 Å². The lowest BCUT2D eigenvalue weighted by atomic mass is 10.3. The molecule has 0 unspecified atom stereocenters. The van der Waals surface area contributed by atoms with Gasteiger partial charge in [0.25, 0.3) is 0 Å². The van der Waals surface area contributed by atoms with Crippen molar-refractivity contribution in [1.29, 1.82) is 0 Å². The SMILES string of the molecule is CC(C)(C)SCC(=O)Nc1ccc(Cl)cc1I. The largest absolute Gasteiger partial charge is 0.324 e. The lowest BCUT2D eigenvalue weighted by Gasteiger charge is -2.17. The number of carbonyl (C=O) groups is 1. The Morgan fingerprint density at radius 3 is 2.65 bits per heavy atom. The van der Waals surface area contributed by atoms with E-state index in [4.69, 9.17) is 11.6 Å². The van der Waals surface area contributed by atoms with Gasteiger partial charge in [0, 0.05) is 13.3 Å². The molecule has 0 spiro atoms. The van der Waals surface area contributed by atoms with Crippen molar-refractivity contribution in [2.24, 2.45) is 0 Å². The first-order valence-corrected chi connectivity index (χ1v) is 7.61. The quantitative estimate of drug-likeness (QED) is 0.783. The summed E-state index contributed by atoms with van der Waals surface area (Å²) in [6.07, 6.45) is 0. The highest BCUT2D eigenvalue weighted by molar-refractivity contribution is 14.1. The average Bonchev–Trinajstić information content (AvgIpc) is 2.18. The summed E-state index contributed by atoms with van der Waals surface area (Å²) in [4.78, 5) is 11.7. The van der Waals surface area contributed by atoms with Gasteiger partial charge < -0.3 is 5.32 Å². The van der Waals surface area contributed by atoms with Crippen molar-refractivity contribution in [2.45, 2.75) is 25.5 Å². The zero-order valence-electron chi connectivity index (χ0n) is 10.0. The first kappa shape index (κ1) is 15.1. The summed E-state index contributed by atoms with van der Waals surface area (Å²) in [5, 5.41) is 3.56. The fourth-order valence-corrected chi connectivity index (χ4v) is 2.70. The molecular weight excluding hydrogens is 369 g/mol. The summed E-state index contributed by atoms with van der Waals surface area (Å²) in [6, 6.07) is 5.43. The van der Waals surface area contributed by atoms with E-state index in [1.165, 1.54) is 0 Å². The van der Waals surface area contributed by atoms with E-state index in [9.17, 15) is 4.79 Å². The first-order chi connectivity index (χ1) is 7.78. The van der Waals surface area contributed by atoms with E-state index >= 15 is 0 Å². The number of benzene rings is 1. The summed E-state index contributed by atoms with van der Waals surface area (Å²) in [5.74, 6) is 0.479. The van der Waals surface area contributed by atoms with Crippen LogP contribution in [0.4, 0.5) is 5.69 Å². The molecular formula is C12H15ClINOS. The molecule has 0 saturated carbocycles. The minimum atomic E-state index is 0.0187. The van der Waals surface area contributed by atoms with Crippen LogP contribution < -0.4 is 5.32 Å². The molecule has 0 bridgehead atoms. The number of anilines is 1. The molecule has 0 radical (unpaired) electrons. The van der Waals surface area contributed by atoms with Gasteiger partial charge in [-0.25, -0.2) is 0 Å². The summed E-state index contributed by atoms with van der Waals surface area (Å²) in [7, 11) is 0. The van der Waals surface area contributed by atoms with Crippen LogP contribution >= 0.6 is 46.0 Å². The Hall–Kier alpha value is 0.0600. The van der Waals surface area contributed by atoms with E-state index in [0.29, 0.717) is 10.8 Å². The third-order valence-corrected chi connectivity index (χ3v) is 4.24. The van der Waals surface area contributed by atoms with Crippen molar-refractivity contribution < 1.29 is 4.79 Å². The standard InChI is InChI=1S/C12H15ClINOS/c1-12(2,3)17-7-11(16)15-10-5-4-8(13)6-9(10)14/h4-6H,7H2,1-3H3,(H,15,16). The number of nitrogens with one attached hydrogen (secondary N) is 1. The van der Waals surface area contributed by atoms with Crippen LogP contribution in [0.2, 0.25) is 5.02 Å². The normalized spacial score (nSPS) is 11.4. The summed E-state index contributed by atoms with van der Waals surface area (Å²) >= 11 is 9.64. The number of halogens is 2. The predicted octanol–water partition coefficient (Wildman–Crippen LogP) is 4.41. The molecule has 94 valence electrons. The number of rotatable bonds is 3. The van der Waals surface area contributed by atoms with E-state index in [0.717, 1.165) is 9.26 Å². The highest BCUT2D eigenvalue weighted by Crippen LogP contribution is 2.25. The highest BCUT2D eigenvalue weighted by Gasteiger charge is 2.14. The second-order valence-electron chi connectivity index (χ2n) is 4.57. The van der Waals surface area contributed by atoms with E-state index in [1.54, 1.807) is 17.8 Å². The molecule has 0 atom stereocenters.